The average molecular weight is 190 g/mol. The van der Waals surface area contributed by atoms with Gasteiger partial charge in [-0.05, 0) is 37.7 Å². The Morgan fingerprint density at radius 2 is 1.93 bits per heavy atom. The molecular weight excluding hydrogens is 172 g/mol. The van der Waals surface area contributed by atoms with Crippen LogP contribution < -0.4 is 0 Å². The molecule has 0 aliphatic heterocycles. The number of rotatable bonds is 1. The van der Waals surface area contributed by atoms with Gasteiger partial charge in [0.15, 0.2) is 0 Å². The minimum Gasteiger partial charge on any atom is -0.385 e. The lowest BCUT2D eigenvalue weighted by Gasteiger charge is -2.23. The minimum atomic E-state index is -0.548. The summed E-state index contributed by atoms with van der Waals surface area (Å²) >= 11 is 0. The molecule has 1 saturated carbocycles. The summed E-state index contributed by atoms with van der Waals surface area (Å²) in [5.41, 5.74) is 1.79. The maximum absolute atomic E-state index is 10.4. The molecule has 1 nitrogen and oxygen atoms in total. The van der Waals surface area contributed by atoms with Crippen LogP contribution in [0, 0.1) is 12.8 Å². The Morgan fingerprint density at radius 3 is 2.43 bits per heavy atom. The van der Waals surface area contributed by atoms with E-state index in [1.807, 2.05) is 0 Å². The van der Waals surface area contributed by atoms with Gasteiger partial charge in [0.25, 0.3) is 0 Å². The molecular formula is C13H18O. The third-order valence-corrected chi connectivity index (χ3v) is 3.33. The topological polar surface area (TPSA) is 20.2 Å². The van der Waals surface area contributed by atoms with E-state index < -0.39 is 5.60 Å². The van der Waals surface area contributed by atoms with Gasteiger partial charge in [-0.25, -0.2) is 0 Å². The highest BCUT2D eigenvalue weighted by Crippen LogP contribution is 2.41. The fourth-order valence-electron chi connectivity index (χ4n) is 2.39. The third kappa shape index (κ3) is 1.69. The Kier molecular flexibility index (Phi) is 2.36. The Labute approximate surface area is 85.8 Å². The van der Waals surface area contributed by atoms with Crippen molar-refractivity contribution in [3.63, 3.8) is 0 Å². The van der Waals surface area contributed by atoms with Crippen LogP contribution in [0.1, 0.15) is 37.3 Å². The maximum atomic E-state index is 10.4. The molecule has 2 atom stereocenters. The summed E-state index contributed by atoms with van der Waals surface area (Å²) in [6.45, 7) is 4.29. The number of aliphatic hydroxyl groups is 1. The average Bonchev–Trinajstić information content (AvgIpc) is 2.48. The standard InChI is InChI=1S/C13H18O/c1-10-3-5-12(6-4-10)13(14)8-7-11(2)9-13/h3-6,11,14H,7-9H2,1-2H3/t11-,13+/m1/s1. The molecule has 0 bridgehead atoms. The second-order valence-corrected chi connectivity index (χ2v) is 4.75. The van der Waals surface area contributed by atoms with Crippen molar-refractivity contribution < 1.29 is 5.11 Å². The summed E-state index contributed by atoms with van der Waals surface area (Å²) in [6, 6.07) is 8.29. The summed E-state index contributed by atoms with van der Waals surface area (Å²) in [7, 11) is 0. The van der Waals surface area contributed by atoms with E-state index in [9.17, 15) is 5.11 Å². The second kappa shape index (κ2) is 3.39. The van der Waals surface area contributed by atoms with Crippen molar-refractivity contribution in [2.24, 2.45) is 5.92 Å². The van der Waals surface area contributed by atoms with Crippen molar-refractivity contribution in [3.8, 4) is 0 Å². The van der Waals surface area contributed by atoms with Crippen LogP contribution in [0.5, 0.6) is 0 Å². The van der Waals surface area contributed by atoms with Gasteiger partial charge >= 0.3 is 0 Å². The Morgan fingerprint density at radius 1 is 1.29 bits per heavy atom. The molecule has 1 aromatic carbocycles. The van der Waals surface area contributed by atoms with Crippen LogP contribution >= 0.6 is 0 Å². The summed E-state index contributed by atoms with van der Waals surface area (Å²) < 4.78 is 0. The van der Waals surface area contributed by atoms with E-state index in [2.05, 4.69) is 38.1 Å². The molecule has 1 N–H and O–H groups in total. The lowest BCUT2D eigenvalue weighted by atomic mass is 9.91. The van der Waals surface area contributed by atoms with Crippen LogP contribution in [-0.2, 0) is 5.60 Å². The van der Waals surface area contributed by atoms with Crippen LogP contribution in [0.3, 0.4) is 0 Å². The summed E-state index contributed by atoms with van der Waals surface area (Å²) in [4.78, 5) is 0. The van der Waals surface area contributed by atoms with Crippen LogP contribution in [0.2, 0.25) is 0 Å². The minimum absolute atomic E-state index is 0.548. The molecule has 0 amide bonds. The van der Waals surface area contributed by atoms with Gasteiger partial charge in [0.1, 0.15) is 0 Å². The van der Waals surface area contributed by atoms with Gasteiger partial charge in [0.05, 0.1) is 5.60 Å². The normalized spacial score (nSPS) is 32.1. The summed E-state index contributed by atoms with van der Waals surface area (Å²) in [6.07, 6.45) is 2.97. The van der Waals surface area contributed by atoms with Crippen LogP contribution in [-0.4, -0.2) is 5.11 Å². The van der Waals surface area contributed by atoms with E-state index in [0.717, 1.165) is 24.8 Å². The largest absolute Gasteiger partial charge is 0.385 e. The lowest BCUT2D eigenvalue weighted by Crippen LogP contribution is -2.21. The zero-order valence-corrected chi connectivity index (χ0v) is 8.96. The molecule has 0 heterocycles. The van der Waals surface area contributed by atoms with E-state index in [1.165, 1.54) is 5.56 Å². The molecule has 1 aromatic rings. The molecule has 1 aliphatic carbocycles. The third-order valence-electron chi connectivity index (χ3n) is 3.33. The number of benzene rings is 1. The highest BCUT2D eigenvalue weighted by atomic mass is 16.3. The first-order valence-electron chi connectivity index (χ1n) is 5.40. The highest BCUT2D eigenvalue weighted by Gasteiger charge is 2.36. The SMILES string of the molecule is Cc1ccc([C@]2(O)CC[C@@H](C)C2)cc1. The van der Waals surface area contributed by atoms with Crippen molar-refractivity contribution in [1.29, 1.82) is 0 Å². The van der Waals surface area contributed by atoms with E-state index in [1.54, 1.807) is 0 Å². The Hall–Kier alpha value is -0.820. The van der Waals surface area contributed by atoms with E-state index >= 15 is 0 Å². The second-order valence-electron chi connectivity index (χ2n) is 4.75. The zero-order valence-electron chi connectivity index (χ0n) is 8.96. The maximum Gasteiger partial charge on any atom is 0.0899 e. The van der Waals surface area contributed by atoms with Crippen LogP contribution in [0.4, 0.5) is 0 Å². The predicted octanol–water partition coefficient (Wildman–Crippen LogP) is 3.00. The fraction of sp³-hybridized carbons (Fsp3) is 0.538. The van der Waals surface area contributed by atoms with Crippen molar-refractivity contribution in [2.45, 2.75) is 38.7 Å². The predicted molar refractivity (Wildman–Crippen MR) is 58.1 cm³/mol. The van der Waals surface area contributed by atoms with Gasteiger partial charge in [-0.1, -0.05) is 36.8 Å². The first-order valence-corrected chi connectivity index (χ1v) is 5.40. The molecule has 1 aliphatic rings. The van der Waals surface area contributed by atoms with Crippen LogP contribution in [0.15, 0.2) is 24.3 Å². The number of hydrogen-bond acceptors (Lipinski definition) is 1. The highest BCUT2D eigenvalue weighted by molar-refractivity contribution is 5.27. The molecule has 14 heavy (non-hydrogen) atoms. The number of aryl methyl sites for hydroxylation is 1. The van der Waals surface area contributed by atoms with Crippen LogP contribution in [0.25, 0.3) is 0 Å². The molecule has 1 heteroatoms. The van der Waals surface area contributed by atoms with Gasteiger partial charge in [-0.2, -0.15) is 0 Å². The Bertz CT molecular complexity index is 315. The zero-order chi connectivity index (χ0) is 10.2. The van der Waals surface area contributed by atoms with Crippen molar-refractivity contribution in [3.05, 3.63) is 35.4 Å². The molecule has 76 valence electrons. The monoisotopic (exact) mass is 190 g/mol. The summed E-state index contributed by atoms with van der Waals surface area (Å²) in [5.74, 6) is 0.654. The molecule has 0 aromatic heterocycles. The molecule has 2 rings (SSSR count). The van der Waals surface area contributed by atoms with E-state index in [4.69, 9.17) is 0 Å². The van der Waals surface area contributed by atoms with Gasteiger partial charge in [0.2, 0.25) is 0 Å². The van der Waals surface area contributed by atoms with Gasteiger partial charge in [0, 0.05) is 0 Å². The van der Waals surface area contributed by atoms with E-state index in [-0.39, 0.29) is 0 Å². The van der Waals surface area contributed by atoms with Crippen molar-refractivity contribution >= 4 is 0 Å². The first kappa shape index (κ1) is 9.72. The lowest BCUT2D eigenvalue weighted by molar-refractivity contribution is 0.0408. The van der Waals surface area contributed by atoms with Gasteiger partial charge in [-0.15, -0.1) is 0 Å². The first-order chi connectivity index (χ1) is 6.60. The van der Waals surface area contributed by atoms with Crippen molar-refractivity contribution in [1.82, 2.24) is 0 Å². The molecule has 0 saturated heterocycles. The Balaban J connectivity index is 2.26. The fourth-order valence-corrected chi connectivity index (χ4v) is 2.39. The quantitative estimate of drug-likeness (QED) is 0.721. The van der Waals surface area contributed by atoms with Crippen molar-refractivity contribution in [2.75, 3.05) is 0 Å². The van der Waals surface area contributed by atoms with E-state index in [0.29, 0.717) is 5.92 Å². The summed E-state index contributed by atoms with van der Waals surface area (Å²) in [5, 5.41) is 10.4. The number of hydrogen-bond donors (Lipinski definition) is 1. The molecule has 0 unspecified atom stereocenters. The molecule has 1 fully saturated rings. The van der Waals surface area contributed by atoms with Gasteiger partial charge < -0.3 is 5.11 Å². The smallest absolute Gasteiger partial charge is 0.0899 e. The molecule has 0 radical (unpaired) electrons. The molecule has 0 spiro atoms. The van der Waals surface area contributed by atoms with Gasteiger partial charge in [-0.3, -0.25) is 0 Å².